The summed E-state index contributed by atoms with van der Waals surface area (Å²) < 4.78 is 4.81. The Labute approximate surface area is 103 Å². The van der Waals surface area contributed by atoms with Gasteiger partial charge in [0.1, 0.15) is 5.69 Å². The zero-order chi connectivity index (χ0) is 12.4. The number of esters is 1. The molecule has 2 rings (SSSR count). The van der Waals surface area contributed by atoms with Crippen LogP contribution >= 0.6 is 11.6 Å². The number of anilines is 1. The van der Waals surface area contributed by atoms with Crippen LogP contribution in [-0.2, 0) is 9.53 Å². The largest absolute Gasteiger partial charge is 0.461 e. The van der Waals surface area contributed by atoms with Gasteiger partial charge in [-0.05, 0) is 6.92 Å². The summed E-state index contributed by atoms with van der Waals surface area (Å²) in [5, 5.41) is 6.24. The van der Waals surface area contributed by atoms with Crippen molar-refractivity contribution in [2.75, 3.05) is 18.1 Å². The molecule has 1 aromatic rings. The van der Waals surface area contributed by atoms with Crippen LogP contribution in [0.5, 0.6) is 0 Å². The van der Waals surface area contributed by atoms with Gasteiger partial charge in [0, 0.05) is 19.0 Å². The number of hydrogen-bond acceptors (Lipinski definition) is 4. The monoisotopic (exact) mass is 257 g/mol. The number of halogens is 1. The average molecular weight is 258 g/mol. The number of ether oxygens (including phenoxy) is 1. The lowest BCUT2D eigenvalue weighted by molar-refractivity contribution is -0.117. The molecule has 0 aliphatic carbocycles. The van der Waals surface area contributed by atoms with Crippen LogP contribution in [0.2, 0.25) is 0 Å². The number of aromatic nitrogens is 2. The number of nitrogens with zero attached hydrogens (tertiary/aromatic N) is 2. The van der Waals surface area contributed by atoms with Crippen LogP contribution in [0.15, 0.2) is 6.07 Å². The van der Waals surface area contributed by atoms with Crippen LogP contribution in [0.25, 0.3) is 0 Å². The molecule has 1 unspecified atom stereocenters. The van der Waals surface area contributed by atoms with E-state index in [0.717, 1.165) is 0 Å². The maximum absolute atomic E-state index is 11.6. The van der Waals surface area contributed by atoms with E-state index in [1.165, 1.54) is 11.0 Å². The van der Waals surface area contributed by atoms with E-state index in [1.807, 2.05) is 0 Å². The Kier molecular flexibility index (Phi) is 3.33. The van der Waals surface area contributed by atoms with E-state index in [2.05, 4.69) is 10.2 Å². The van der Waals surface area contributed by atoms with Gasteiger partial charge in [-0.2, -0.15) is 5.10 Å². The number of amides is 1. The molecule has 1 atom stereocenters. The number of alkyl halides is 1. The minimum Gasteiger partial charge on any atom is -0.461 e. The first-order valence-electron chi connectivity index (χ1n) is 5.28. The van der Waals surface area contributed by atoms with Crippen molar-refractivity contribution >= 4 is 29.3 Å². The molecule has 0 saturated carbocycles. The van der Waals surface area contributed by atoms with Crippen LogP contribution < -0.4 is 4.90 Å². The van der Waals surface area contributed by atoms with Crippen LogP contribution in [-0.4, -0.2) is 40.6 Å². The molecule has 1 fully saturated rings. The van der Waals surface area contributed by atoms with Crippen molar-refractivity contribution in [3.63, 3.8) is 0 Å². The number of rotatable bonds is 3. The van der Waals surface area contributed by atoms with Crippen molar-refractivity contribution in [3.8, 4) is 0 Å². The molecule has 0 aromatic carbocycles. The Hall–Kier alpha value is -1.56. The highest BCUT2D eigenvalue weighted by molar-refractivity contribution is 6.24. The molecule has 0 radical (unpaired) electrons. The van der Waals surface area contributed by atoms with Crippen molar-refractivity contribution in [2.45, 2.75) is 18.7 Å². The summed E-state index contributed by atoms with van der Waals surface area (Å²) in [4.78, 5) is 24.4. The van der Waals surface area contributed by atoms with Crippen LogP contribution in [0.1, 0.15) is 23.8 Å². The fourth-order valence-electron chi connectivity index (χ4n) is 1.65. The second-order valence-electron chi connectivity index (χ2n) is 3.67. The number of aromatic amines is 1. The zero-order valence-electron chi connectivity index (χ0n) is 9.27. The second-order valence-corrected chi connectivity index (χ2v) is 4.28. The fourth-order valence-corrected chi connectivity index (χ4v) is 1.92. The first-order chi connectivity index (χ1) is 8.11. The number of H-pyrrole nitrogens is 1. The second kappa shape index (κ2) is 4.75. The maximum Gasteiger partial charge on any atom is 0.356 e. The first-order valence-corrected chi connectivity index (χ1v) is 5.72. The predicted octanol–water partition coefficient (Wildman–Crippen LogP) is 0.930. The summed E-state index contributed by atoms with van der Waals surface area (Å²) in [7, 11) is 0. The number of carbonyl (C=O) groups is 2. The molecule has 17 heavy (non-hydrogen) atoms. The van der Waals surface area contributed by atoms with E-state index in [-0.39, 0.29) is 17.0 Å². The summed E-state index contributed by atoms with van der Waals surface area (Å²) in [6.07, 6.45) is 0.295. The molecule has 2 heterocycles. The quantitative estimate of drug-likeness (QED) is 0.646. The summed E-state index contributed by atoms with van der Waals surface area (Å²) >= 11 is 5.88. The normalized spacial score (nSPS) is 19.8. The highest BCUT2D eigenvalue weighted by Gasteiger charge is 2.31. The summed E-state index contributed by atoms with van der Waals surface area (Å²) in [5.41, 5.74) is 0.229. The highest BCUT2D eigenvalue weighted by Crippen LogP contribution is 2.23. The molecule has 1 aliphatic heterocycles. The Morgan fingerprint density at radius 3 is 3.12 bits per heavy atom. The van der Waals surface area contributed by atoms with Gasteiger partial charge in [-0.1, -0.05) is 0 Å². The minimum absolute atomic E-state index is 0.0908. The molecule has 7 heteroatoms. The van der Waals surface area contributed by atoms with Gasteiger partial charge in [-0.3, -0.25) is 14.8 Å². The van der Waals surface area contributed by atoms with Gasteiger partial charge >= 0.3 is 5.97 Å². The van der Waals surface area contributed by atoms with Gasteiger partial charge in [0.25, 0.3) is 0 Å². The molecular weight excluding hydrogens is 246 g/mol. The van der Waals surface area contributed by atoms with Crippen LogP contribution in [0.4, 0.5) is 5.82 Å². The topological polar surface area (TPSA) is 75.3 Å². The lowest BCUT2D eigenvalue weighted by Gasteiger charge is -2.10. The Balaban J connectivity index is 2.13. The Bertz CT molecular complexity index is 446. The number of hydrogen-bond donors (Lipinski definition) is 1. The van der Waals surface area contributed by atoms with Gasteiger partial charge in [0.2, 0.25) is 5.91 Å². The fraction of sp³-hybridized carbons (Fsp3) is 0.500. The van der Waals surface area contributed by atoms with Crippen molar-refractivity contribution in [1.29, 1.82) is 0 Å². The van der Waals surface area contributed by atoms with Gasteiger partial charge in [-0.25, -0.2) is 4.79 Å². The molecule has 1 aromatic heterocycles. The maximum atomic E-state index is 11.6. The zero-order valence-corrected chi connectivity index (χ0v) is 10.0. The van der Waals surface area contributed by atoms with Crippen molar-refractivity contribution in [2.24, 2.45) is 0 Å². The summed E-state index contributed by atoms with van der Waals surface area (Å²) in [5.74, 6) is -0.173. The average Bonchev–Trinajstić information content (AvgIpc) is 2.85. The van der Waals surface area contributed by atoms with Crippen LogP contribution in [0, 0.1) is 0 Å². The molecule has 1 saturated heterocycles. The minimum atomic E-state index is -0.486. The molecule has 1 N–H and O–H groups in total. The molecule has 0 spiro atoms. The molecule has 1 aliphatic rings. The van der Waals surface area contributed by atoms with Gasteiger partial charge in [-0.15, -0.1) is 11.6 Å². The van der Waals surface area contributed by atoms with E-state index < -0.39 is 5.97 Å². The third-order valence-corrected chi connectivity index (χ3v) is 2.71. The Morgan fingerprint density at radius 2 is 2.53 bits per heavy atom. The van der Waals surface area contributed by atoms with Gasteiger partial charge < -0.3 is 4.74 Å². The van der Waals surface area contributed by atoms with Crippen molar-refractivity contribution < 1.29 is 14.3 Å². The van der Waals surface area contributed by atoms with Crippen molar-refractivity contribution in [1.82, 2.24) is 10.2 Å². The molecule has 6 nitrogen and oxygen atoms in total. The Morgan fingerprint density at radius 1 is 1.76 bits per heavy atom. The van der Waals surface area contributed by atoms with E-state index in [9.17, 15) is 9.59 Å². The lowest BCUT2D eigenvalue weighted by atomic mass is 10.4. The third kappa shape index (κ3) is 2.41. The van der Waals surface area contributed by atoms with E-state index in [0.29, 0.717) is 25.4 Å². The van der Waals surface area contributed by atoms with Gasteiger partial charge in [0.15, 0.2) is 5.82 Å². The van der Waals surface area contributed by atoms with E-state index >= 15 is 0 Å². The standard InChI is InChI=1S/C10H12ClN3O3/c1-2-17-10(16)7-4-8(13-12-7)14-5-6(11)3-9(14)15/h4,6H,2-3,5H2,1H3,(H,12,13). The smallest absolute Gasteiger partial charge is 0.356 e. The lowest BCUT2D eigenvalue weighted by Crippen LogP contribution is -2.24. The van der Waals surface area contributed by atoms with Gasteiger partial charge in [0.05, 0.1) is 12.0 Å². The van der Waals surface area contributed by atoms with Crippen LogP contribution in [0.3, 0.4) is 0 Å². The molecular formula is C10H12ClN3O3. The van der Waals surface area contributed by atoms with E-state index in [4.69, 9.17) is 16.3 Å². The summed E-state index contributed by atoms with van der Waals surface area (Å²) in [6, 6.07) is 1.49. The first kappa shape index (κ1) is 11.9. The van der Waals surface area contributed by atoms with Crippen molar-refractivity contribution in [3.05, 3.63) is 11.8 Å². The molecule has 1 amide bonds. The van der Waals surface area contributed by atoms with E-state index in [1.54, 1.807) is 6.92 Å². The molecule has 92 valence electrons. The number of nitrogens with one attached hydrogen (secondary N) is 1. The summed E-state index contributed by atoms with van der Waals surface area (Å²) in [6.45, 7) is 2.42. The highest BCUT2D eigenvalue weighted by atomic mass is 35.5. The molecule has 0 bridgehead atoms. The predicted molar refractivity (Wildman–Crippen MR) is 61.2 cm³/mol. The SMILES string of the molecule is CCOC(=O)c1cc(N2CC(Cl)CC2=O)n[nH]1. The number of carbonyl (C=O) groups excluding carboxylic acids is 2. The third-order valence-electron chi connectivity index (χ3n) is 2.41.